The Morgan fingerprint density at radius 2 is 1.92 bits per heavy atom. The highest BCUT2D eigenvalue weighted by molar-refractivity contribution is 6.62. The lowest BCUT2D eigenvalue weighted by atomic mass is 9.78. The van der Waals surface area contributed by atoms with Crippen molar-refractivity contribution in [3.63, 3.8) is 0 Å². The van der Waals surface area contributed by atoms with Gasteiger partial charge in [0, 0.05) is 19.6 Å². The fourth-order valence-corrected chi connectivity index (χ4v) is 3.94. The van der Waals surface area contributed by atoms with Crippen LogP contribution in [0.2, 0.25) is 0 Å². The van der Waals surface area contributed by atoms with E-state index < -0.39 is 53.9 Å². The Hall–Kier alpha value is -2.68. The normalized spacial score (nSPS) is 22.1. The number of nitriles is 1. The van der Waals surface area contributed by atoms with E-state index in [1.165, 1.54) is 11.0 Å². The van der Waals surface area contributed by atoms with Crippen LogP contribution in [0.3, 0.4) is 0 Å². The summed E-state index contributed by atoms with van der Waals surface area (Å²) in [7, 11) is -0.708. The monoisotopic (exact) mass is 517 g/mol. The van der Waals surface area contributed by atoms with Gasteiger partial charge in [-0.3, -0.25) is 4.79 Å². The fourth-order valence-electron chi connectivity index (χ4n) is 3.94. The van der Waals surface area contributed by atoms with Gasteiger partial charge < -0.3 is 29.0 Å². The minimum atomic E-state index is -0.994. The number of ether oxygens (including phenoxy) is 2. The standard InChI is InChI=1S/C26H37BFN3O6/c1-24(2,3)35-23(33)31-11-8-12-34-21(16-31)22(32)30-19(15-29)13-17-9-10-18(14-20(17)28)27-36-25(4,5)26(6,7)37-27/h9-10,14,19,21H,8,11-13,16H2,1-7H3,(H,30,32)/t19-,21-/m0/s1. The summed E-state index contributed by atoms with van der Waals surface area (Å²) >= 11 is 0. The van der Waals surface area contributed by atoms with Gasteiger partial charge in [0.1, 0.15) is 17.5 Å². The van der Waals surface area contributed by atoms with Crippen LogP contribution in [0.25, 0.3) is 0 Å². The molecule has 2 atom stereocenters. The maximum atomic E-state index is 15.0. The molecular formula is C26H37BFN3O6. The van der Waals surface area contributed by atoms with E-state index in [0.717, 1.165) is 0 Å². The maximum absolute atomic E-state index is 15.0. The number of hydrogen-bond donors (Lipinski definition) is 1. The number of hydrogen-bond acceptors (Lipinski definition) is 7. The summed E-state index contributed by atoms with van der Waals surface area (Å²) in [6.07, 6.45) is -0.996. The number of benzene rings is 1. The quantitative estimate of drug-likeness (QED) is 0.598. The molecule has 0 bridgehead atoms. The van der Waals surface area contributed by atoms with Gasteiger partial charge in [-0.05, 0) is 72.0 Å². The first-order chi connectivity index (χ1) is 17.1. The SMILES string of the molecule is CC(C)(C)OC(=O)N1CCCO[C@H](C(=O)N[C@H](C#N)Cc2ccc(B3OC(C)(C)C(C)(C)O3)cc2F)C1. The third-order valence-corrected chi connectivity index (χ3v) is 6.72. The highest BCUT2D eigenvalue weighted by Gasteiger charge is 2.51. The molecule has 2 saturated heterocycles. The zero-order valence-corrected chi connectivity index (χ0v) is 22.7. The second-order valence-electron chi connectivity index (χ2n) is 11.5. The Morgan fingerprint density at radius 3 is 2.49 bits per heavy atom. The van der Waals surface area contributed by atoms with Crippen molar-refractivity contribution in [3.8, 4) is 6.07 Å². The van der Waals surface area contributed by atoms with Crippen LogP contribution in [0.15, 0.2) is 18.2 Å². The molecule has 2 aliphatic heterocycles. The summed E-state index contributed by atoms with van der Waals surface area (Å²) in [5.41, 5.74) is -0.976. The number of nitrogens with zero attached hydrogens (tertiary/aromatic N) is 2. The molecule has 0 radical (unpaired) electrons. The average molecular weight is 517 g/mol. The van der Waals surface area contributed by atoms with Crippen molar-refractivity contribution in [2.45, 2.75) is 90.3 Å². The van der Waals surface area contributed by atoms with E-state index in [1.54, 1.807) is 32.9 Å². The highest BCUT2D eigenvalue weighted by atomic mass is 19.1. The molecule has 2 amide bonds. The van der Waals surface area contributed by atoms with E-state index in [2.05, 4.69) is 5.32 Å². The molecular weight excluding hydrogens is 480 g/mol. The molecule has 37 heavy (non-hydrogen) atoms. The molecule has 0 unspecified atom stereocenters. The summed E-state index contributed by atoms with van der Waals surface area (Å²) in [6.45, 7) is 13.6. The van der Waals surface area contributed by atoms with Gasteiger partial charge in [-0.25, -0.2) is 9.18 Å². The van der Waals surface area contributed by atoms with Crippen molar-refractivity contribution < 1.29 is 32.8 Å². The van der Waals surface area contributed by atoms with E-state index in [9.17, 15) is 19.2 Å². The van der Waals surface area contributed by atoms with E-state index in [0.29, 0.717) is 18.4 Å². The average Bonchev–Trinajstić information content (AvgIpc) is 2.94. The van der Waals surface area contributed by atoms with E-state index in [1.807, 2.05) is 33.8 Å². The summed E-state index contributed by atoms with van der Waals surface area (Å²) in [6, 6.07) is 5.62. The van der Waals surface area contributed by atoms with Crippen molar-refractivity contribution in [2.75, 3.05) is 19.7 Å². The van der Waals surface area contributed by atoms with Crippen molar-refractivity contribution in [3.05, 3.63) is 29.6 Å². The molecule has 0 aromatic heterocycles. The third-order valence-electron chi connectivity index (χ3n) is 6.72. The number of amides is 2. The van der Waals surface area contributed by atoms with Crippen molar-refractivity contribution in [2.24, 2.45) is 0 Å². The Morgan fingerprint density at radius 1 is 1.27 bits per heavy atom. The minimum Gasteiger partial charge on any atom is -0.444 e. The molecule has 0 aliphatic carbocycles. The van der Waals surface area contributed by atoms with E-state index in [4.69, 9.17) is 18.8 Å². The van der Waals surface area contributed by atoms with E-state index in [-0.39, 0.29) is 25.1 Å². The summed E-state index contributed by atoms with van der Waals surface area (Å²) in [5, 5.41) is 12.3. The zero-order valence-electron chi connectivity index (χ0n) is 22.7. The van der Waals surface area contributed by atoms with Crippen LogP contribution >= 0.6 is 0 Å². The topological polar surface area (TPSA) is 110 Å². The molecule has 0 spiro atoms. The predicted octanol–water partition coefficient (Wildman–Crippen LogP) is 2.70. The van der Waals surface area contributed by atoms with Gasteiger partial charge in [0.15, 0.2) is 6.10 Å². The largest absolute Gasteiger partial charge is 0.494 e. The molecule has 3 rings (SSSR count). The molecule has 2 fully saturated rings. The fraction of sp³-hybridized carbons (Fsp3) is 0.654. The first-order valence-corrected chi connectivity index (χ1v) is 12.6. The van der Waals surface area contributed by atoms with E-state index >= 15 is 0 Å². The second kappa shape index (κ2) is 11.0. The van der Waals surface area contributed by atoms with Crippen LogP contribution in [0, 0.1) is 17.1 Å². The van der Waals surface area contributed by atoms with Gasteiger partial charge in [-0.1, -0.05) is 12.1 Å². The number of nitrogens with one attached hydrogen (secondary N) is 1. The van der Waals surface area contributed by atoms with Crippen LogP contribution < -0.4 is 10.8 Å². The summed E-state index contributed by atoms with van der Waals surface area (Å²) in [5.74, 6) is -1.07. The van der Waals surface area contributed by atoms with Crippen LogP contribution in [-0.4, -0.2) is 72.7 Å². The lowest BCUT2D eigenvalue weighted by Gasteiger charge is -2.32. The minimum absolute atomic E-state index is 0.00393. The Kier molecular flexibility index (Phi) is 8.57. The van der Waals surface area contributed by atoms with Gasteiger partial charge in [0.05, 0.1) is 23.8 Å². The predicted molar refractivity (Wildman–Crippen MR) is 136 cm³/mol. The highest BCUT2D eigenvalue weighted by Crippen LogP contribution is 2.36. The zero-order chi connectivity index (χ0) is 27.6. The van der Waals surface area contributed by atoms with Crippen molar-refractivity contribution in [1.82, 2.24) is 10.2 Å². The Balaban J connectivity index is 1.63. The van der Waals surface area contributed by atoms with Gasteiger partial charge in [-0.2, -0.15) is 5.26 Å². The number of carbonyl (C=O) groups is 2. The lowest BCUT2D eigenvalue weighted by Crippen LogP contribution is -2.48. The van der Waals surface area contributed by atoms with Crippen LogP contribution in [0.4, 0.5) is 9.18 Å². The molecule has 9 nitrogen and oxygen atoms in total. The van der Waals surface area contributed by atoms with Gasteiger partial charge >= 0.3 is 13.2 Å². The lowest BCUT2D eigenvalue weighted by molar-refractivity contribution is -0.133. The number of halogens is 1. The Labute approximate surface area is 218 Å². The molecule has 1 aromatic rings. The molecule has 2 aliphatic rings. The maximum Gasteiger partial charge on any atom is 0.494 e. The summed E-state index contributed by atoms with van der Waals surface area (Å²) < 4.78 is 38.0. The molecule has 2 heterocycles. The van der Waals surface area contributed by atoms with Gasteiger partial charge in [-0.15, -0.1) is 0 Å². The number of rotatable bonds is 5. The molecule has 0 saturated carbocycles. The van der Waals surface area contributed by atoms with Crippen LogP contribution in [0.1, 0.15) is 60.5 Å². The molecule has 1 aromatic carbocycles. The number of carbonyl (C=O) groups excluding carboxylic acids is 2. The summed E-state index contributed by atoms with van der Waals surface area (Å²) in [4.78, 5) is 26.8. The van der Waals surface area contributed by atoms with Gasteiger partial charge in [0.25, 0.3) is 5.91 Å². The first-order valence-electron chi connectivity index (χ1n) is 12.6. The van der Waals surface area contributed by atoms with Crippen molar-refractivity contribution >= 4 is 24.6 Å². The smallest absolute Gasteiger partial charge is 0.444 e. The molecule has 11 heteroatoms. The Bertz CT molecular complexity index is 1040. The molecule has 202 valence electrons. The second-order valence-corrected chi connectivity index (χ2v) is 11.5. The third kappa shape index (κ3) is 7.21. The van der Waals surface area contributed by atoms with Gasteiger partial charge in [0.2, 0.25) is 0 Å². The van der Waals surface area contributed by atoms with Crippen LogP contribution in [0.5, 0.6) is 0 Å². The van der Waals surface area contributed by atoms with Crippen molar-refractivity contribution in [1.29, 1.82) is 5.26 Å². The first kappa shape index (κ1) is 28.9. The van der Waals surface area contributed by atoms with Crippen LogP contribution in [-0.2, 0) is 30.0 Å². The molecule has 1 N–H and O–H groups in total.